The second-order valence-corrected chi connectivity index (χ2v) is 11.0. The van der Waals surface area contributed by atoms with Gasteiger partial charge in [-0.2, -0.15) is 0 Å². The van der Waals surface area contributed by atoms with Crippen molar-refractivity contribution in [2.75, 3.05) is 13.2 Å². The number of fused-ring (bicyclic) bond motifs is 1. The first-order valence-corrected chi connectivity index (χ1v) is 12.3. The zero-order chi connectivity index (χ0) is 25.6. The number of aliphatic hydroxyl groups is 1. The number of H-pyrrole nitrogens is 1. The second-order valence-electron chi connectivity index (χ2n) is 11.0. The van der Waals surface area contributed by atoms with Crippen LogP contribution in [0.5, 0.6) is 0 Å². The summed E-state index contributed by atoms with van der Waals surface area (Å²) in [5.41, 5.74) is -2.89. The van der Waals surface area contributed by atoms with Crippen molar-refractivity contribution in [2.45, 2.75) is 85.0 Å². The lowest BCUT2D eigenvalue weighted by molar-refractivity contribution is -0.431. The summed E-state index contributed by atoms with van der Waals surface area (Å²) in [5.74, 6) is -3.21. The van der Waals surface area contributed by atoms with Gasteiger partial charge < -0.3 is 19.3 Å². The van der Waals surface area contributed by atoms with Crippen LogP contribution in [0.15, 0.2) is 21.9 Å². The van der Waals surface area contributed by atoms with Gasteiger partial charge in [-0.3, -0.25) is 19.1 Å². The summed E-state index contributed by atoms with van der Waals surface area (Å²) in [5, 5.41) is 10.4. The Bertz CT molecular complexity index is 993. The van der Waals surface area contributed by atoms with Crippen molar-refractivity contribution in [3.05, 3.63) is 33.1 Å². The van der Waals surface area contributed by atoms with Crippen molar-refractivity contribution in [2.24, 2.45) is 29.6 Å². The third kappa shape index (κ3) is 4.00. The van der Waals surface area contributed by atoms with E-state index < -0.39 is 52.8 Å². The van der Waals surface area contributed by atoms with E-state index in [1.54, 1.807) is 0 Å². The number of aromatic nitrogens is 2. The number of nitrogens with zero attached hydrogens (tertiary/aromatic N) is 1. The van der Waals surface area contributed by atoms with Crippen LogP contribution in [0.3, 0.4) is 0 Å². The minimum Gasteiger partial charge on any atom is -0.393 e. The van der Waals surface area contributed by atoms with Crippen LogP contribution in [0.2, 0.25) is 0 Å². The molecule has 9 heteroatoms. The van der Waals surface area contributed by atoms with E-state index in [1.165, 1.54) is 12.3 Å². The van der Waals surface area contributed by atoms with Crippen LogP contribution in [-0.4, -0.2) is 51.3 Å². The van der Waals surface area contributed by atoms with E-state index in [1.807, 2.05) is 55.4 Å². The Labute approximate surface area is 200 Å². The van der Waals surface area contributed by atoms with Crippen LogP contribution >= 0.6 is 0 Å². The van der Waals surface area contributed by atoms with Gasteiger partial charge in [0.25, 0.3) is 5.56 Å². The van der Waals surface area contributed by atoms with Gasteiger partial charge in [-0.05, 0) is 6.42 Å². The number of hydrogen-bond donors (Lipinski definition) is 2. The number of aromatic amines is 1. The Morgan fingerprint density at radius 2 is 1.56 bits per heavy atom. The maximum Gasteiger partial charge on any atom is 0.329 e. The average molecular weight is 481 g/mol. The lowest BCUT2D eigenvalue weighted by Gasteiger charge is -2.53. The van der Waals surface area contributed by atoms with Gasteiger partial charge in [0.1, 0.15) is 11.6 Å². The normalized spacial score (nSPS) is 29.0. The molecule has 1 aromatic heterocycles. The summed E-state index contributed by atoms with van der Waals surface area (Å²) < 4.78 is 21.2. The van der Waals surface area contributed by atoms with Gasteiger partial charge >= 0.3 is 5.69 Å². The zero-order valence-corrected chi connectivity index (χ0v) is 21.6. The van der Waals surface area contributed by atoms with Crippen LogP contribution < -0.4 is 11.2 Å². The molecule has 0 aromatic carbocycles. The molecule has 1 aliphatic carbocycles. The summed E-state index contributed by atoms with van der Waals surface area (Å²) in [7, 11) is 0. The summed E-state index contributed by atoms with van der Waals surface area (Å²) in [4.78, 5) is 40.4. The largest absolute Gasteiger partial charge is 0.393 e. The van der Waals surface area contributed by atoms with Gasteiger partial charge in [-0.25, -0.2) is 4.79 Å². The molecule has 2 heterocycles. The van der Waals surface area contributed by atoms with Crippen LogP contribution in [0.25, 0.3) is 0 Å². The highest BCUT2D eigenvalue weighted by atomic mass is 16.8. The SMILES string of the molecule is CC(C)C1(C(C)C)OC[C@H]2C[C@@](CO)(n3ccc(=O)[nH]c3=O)C(=O)[C@@H]2OC(C(C)C)(C(C)C)O1. The quantitative estimate of drug-likeness (QED) is 0.641. The molecule has 2 fully saturated rings. The van der Waals surface area contributed by atoms with Crippen molar-refractivity contribution in [1.82, 2.24) is 9.55 Å². The van der Waals surface area contributed by atoms with Crippen molar-refractivity contribution < 1.29 is 24.1 Å². The van der Waals surface area contributed by atoms with E-state index >= 15 is 0 Å². The first-order chi connectivity index (χ1) is 15.8. The predicted octanol–water partition coefficient (Wildman–Crippen LogP) is 2.26. The number of ketones is 1. The minimum atomic E-state index is -1.57. The molecule has 2 N–H and O–H groups in total. The summed E-state index contributed by atoms with van der Waals surface area (Å²) in [6.07, 6.45) is 0.446. The number of carbonyl (C=O) groups is 1. The Balaban J connectivity index is 2.18. The molecule has 0 bridgehead atoms. The zero-order valence-electron chi connectivity index (χ0n) is 21.6. The number of ether oxygens (including phenoxy) is 3. The van der Waals surface area contributed by atoms with Gasteiger partial charge in [-0.15, -0.1) is 0 Å². The maximum atomic E-state index is 13.9. The van der Waals surface area contributed by atoms with Gasteiger partial charge in [0.2, 0.25) is 0 Å². The van der Waals surface area contributed by atoms with E-state index in [9.17, 15) is 19.5 Å². The lowest BCUT2D eigenvalue weighted by Crippen LogP contribution is -2.62. The van der Waals surface area contributed by atoms with Gasteiger partial charge in [0, 0.05) is 41.9 Å². The molecule has 3 atom stereocenters. The standard InChI is InChI=1S/C25H40N2O7/c1-14(2)24(15(3)4)32-12-18-11-23(13-28,27-10-9-19(29)26-22(27)31)21(30)20(18)33-25(34-24,16(5)6)17(7)8/h9-10,14-18,20,28H,11-13H2,1-8H3,(H,26,29,31)/t18-,20-,23+/m1/s1. The molecule has 0 spiro atoms. The topological polar surface area (TPSA) is 120 Å². The van der Waals surface area contributed by atoms with Crippen molar-refractivity contribution in [1.29, 1.82) is 0 Å². The second kappa shape index (κ2) is 9.33. The van der Waals surface area contributed by atoms with Crippen LogP contribution in [0.4, 0.5) is 0 Å². The fraction of sp³-hybridized carbons (Fsp3) is 0.800. The lowest BCUT2D eigenvalue weighted by atomic mass is 9.85. The van der Waals surface area contributed by atoms with E-state index in [4.69, 9.17) is 14.2 Å². The molecule has 1 saturated heterocycles. The van der Waals surface area contributed by atoms with Gasteiger partial charge in [-0.1, -0.05) is 55.4 Å². The van der Waals surface area contributed by atoms with E-state index in [0.29, 0.717) is 0 Å². The van der Waals surface area contributed by atoms with Gasteiger partial charge in [0.05, 0.1) is 13.2 Å². The first-order valence-electron chi connectivity index (χ1n) is 12.3. The Kier molecular flexibility index (Phi) is 7.35. The molecule has 1 saturated carbocycles. The number of carbonyl (C=O) groups excluding carboxylic acids is 1. The molecular formula is C25H40N2O7. The van der Waals surface area contributed by atoms with Gasteiger partial charge in [0.15, 0.2) is 17.4 Å². The number of Topliss-reactive ketones (excluding diaryl/α,β-unsaturated/α-hetero) is 1. The number of hydrogen-bond acceptors (Lipinski definition) is 7. The molecule has 1 aliphatic heterocycles. The number of nitrogens with one attached hydrogen (secondary N) is 1. The van der Waals surface area contributed by atoms with Crippen molar-refractivity contribution >= 4 is 5.78 Å². The van der Waals surface area contributed by atoms with E-state index in [2.05, 4.69) is 4.98 Å². The minimum absolute atomic E-state index is 0.00829. The number of aliphatic hydroxyl groups excluding tert-OH is 1. The fourth-order valence-corrected chi connectivity index (χ4v) is 5.76. The van der Waals surface area contributed by atoms with Crippen molar-refractivity contribution in [3.63, 3.8) is 0 Å². The molecule has 1 aromatic rings. The Hall–Kier alpha value is -1.81. The maximum absolute atomic E-state index is 13.9. The molecule has 2 aliphatic rings. The monoisotopic (exact) mass is 480 g/mol. The molecule has 9 nitrogen and oxygen atoms in total. The molecule has 3 rings (SSSR count). The van der Waals surface area contributed by atoms with Crippen LogP contribution in [0.1, 0.15) is 61.8 Å². The smallest absolute Gasteiger partial charge is 0.329 e. The molecule has 0 radical (unpaired) electrons. The van der Waals surface area contributed by atoms with E-state index in [-0.39, 0.29) is 36.7 Å². The summed E-state index contributed by atoms with van der Waals surface area (Å²) in [6, 6.07) is 1.17. The summed E-state index contributed by atoms with van der Waals surface area (Å²) >= 11 is 0. The van der Waals surface area contributed by atoms with Crippen LogP contribution in [-0.2, 0) is 24.5 Å². The molecule has 0 amide bonds. The van der Waals surface area contributed by atoms with Crippen molar-refractivity contribution in [3.8, 4) is 0 Å². The van der Waals surface area contributed by atoms with Crippen LogP contribution in [0, 0.1) is 29.6 Å². The highest BCUT2D eigenvalue weighted by Gasteiger charge is 2.62. The predicted molar refractivity (Wildman–Crippen MR) is 126 cm³/mol. The Morgan fingerprint density at radius 1 is 1.00 bits per heavy atom. The third-order valence-corrected chi connectivity index (χ3v) is 7.66. The number of rotatable bonds is 6. The Morgan fingerprint density at radius 3 is 2.03 bits per heavy atom. The molecule has 34 heavy (non-hydrogen) atoms. The molecule has 192 valence electrons. The summed E-state index contributed by atoms with van der Waals surface area (Å²) in [6.45, 7) is 15.7. The fourth-order valence-electron chi connectivity index (χ4n) is 5.76. The average Bonchev–Trinajstić information content (AvgIpc) is 2.98. The first kappa shape index (κ1) is 26.8. The van der Waals surface area contributed by atoms with E-state index in [0.717, 1.165) is 4.57 Å². The highest BCUT2D eigenvalue weighted by molar-refractivity contribution is 5.93. The third-order valence-electron chi connectivity index (χ3n) is 7.66. The highest BCUT2D eigenvalue weighted by Crippen LogP contribution is 2.49. The molecule has 0 unspecified atom stereocenters. The molecular weight excluding hydrogens is 440 g/mol.